The van der Waals surface area contributed by atoms with Crippen LogP contribution in [-0.2, 0) is 19.5 Å². The molecule has 0 radical (unpaired) electrons. The van der Waals surface area contributed by atoms with Crippen molar-refractivity contribution < 1.29 is 18.3 Å². The minimum Gasteiger partial charge on any atom is -0.435 e. The van der Waals surface area contributed by atoms with E-state index in [-0.39, 0.29) is 11.3 Å². The van der Waals surface area contributed by atoms with Gasteiger partial charge in [0.25, 0.3) is 5.91 Å². The van der Waals surface area contributed by atoms with E-state index < -0.39 is 12.5 Å². The van der Waals surface area contributed by atoms with Gasteiger partial charge < -0.3 is 4.74 Å². The number of hydrogen-bond donors (Lipinski definition) is 1. The summed E-state index contributed by atoms with van der Waals surface area (Å²) in [7, 11) is 0. The van der Waals surface area contributed by atoms with Gasteiger partial charge in [0.05, 0.1) is 5.69 Å². The number of amides is 1. The highest BCUT2D eigenvalue weighted by molar-refractivity contribution is 7.15. The van der Waals surface area contributed by atoms with Crippen molar-refractivity contribution in [2.24, 2.45) is 0 Å². The molecule has 2 heterocycles. The van der Waals surface area contributed by atoms with Crippen LogP contribution in [-0.4, -0.2) is 28.9 Å². The summed E-state index contributed by atoms with van der Waals surface area (Å²) in [6, 6.07) is 16.0. The second-order valence-electron chi connectivity index (χ2n) is 6.70. The van der Waals surface area contributed by atoms with Crippen LogP contribution in [0, 0.1) is 0 Å². The van der Waals surface area contributed by atoms with E-state index in [1.165, 1.54) is 35.1 Å². The zero-order chi connectivity index (χ0) is 20.2. The first kappa shape index (κ1) is 19.5. The topological polar surface area (TPSA) is 54.5 Å². The van der Waals surface area contributed by atoms with Crippen molar-refractivity contribution >= 4 is 22.4 Å². The minimum atomic E-state index is -2.93. The van der Waals surface area contributed by atoms with Crippen molar-refractivity contribution in [3.63, 3.8) is 0 Å². The molecule has 0 atom stereocenters. The monoisotopic (exact) mass is 415 g/mol. The van der Waals surface area contributed by atoms with Crippen molar-refractivity contribution in [3.8, 4) is 5.75 Å². The largest absolute Gasteiger partial charge is 0.435 e. The lowest BCUT2D eigenvalue weighted by Gasteiger charge is -2.25. The second kappa shape index (κ2) is 8.67. The summed E-state index contributed by atoms with van der Waals surface area (Å²) in [5.74, 6) is -0.459. The molecule has 0 aliphatic carbocycles. The van der Waals surface area contributed by atoms with Crippen LogP contribution in [0.5, 0.6) is 5.75 Å². The number of benzene rings is 2. The average Bonchev–Trinajstić information content (AvgIpc) is 3.10. The van der Waals surface area contributed by atoms with Crippen molar-refractivity contribution in [1.29, 1.82) is 0 Å². The van der Waals surface area contributed by atoms with Crippen molar-refractivity contribution in [2.75, 3.05) is 11.9 Å². The van der Waals surface area contributed by atoms with Gasteiger partial charge in [0.1, 0.15) is 5.75 Å². The third-order valence-electron chi connectivity index (χ3n) is 4.60. The minimum absolute atomic E-state index is 0.0531. The Bertz CT molecular complexity index is 995. The quantitative estimate of drug-likeness (QED) is 0.642. The lowest BCUT2D eigenvalue weighted by molar-refractivity contribution is -0.0498. The maximum absolute atomic E-state index is 12.5. The average molecular weight is 415 g/mol. The number of halogens is 2. The molecule has 0 unspecified atom stereocenters. The number of rotatable bonds is 6. The lowest BCUT2D eigenvalue weighted by atomic mass is 10.1. The van der Waals surface area contributed by atoms with Crippen LogP contribution in [0.2, 0.25) is 0 Å². The van der Waals surface area contributed by atoms with Gasteiger partial charge in [0.15, 0.2) is 5.13 Å². The first-order valence-electron chi connectivity index (χ1n) is 9.18. The van der Waals surface area contributed by atoms with Gasteiger partial charge in [-0.1, -0.05) is 36.4 Å². The number of carbonyl (C=O) groups excluding carboxylic acids is 1. The van der Waals surface area contributed by atoms with E-state index in [1.807, 2.05) is 18.2 Å². The number of carbonyl (C=O) groups is 1. The number of anilines is 1. The zero-order valence-electron chi connectivity index (χ0n) is 15.5. The highest BCUT2D eigenvalue weighted by Crippen LogP contribution is 2.29. The van der Waals surface area contributed by atoms with Crippen LogP contribution in [0.1, 0.15) is 26.5 Å². The molecule has 1 aromatic heterocycles. The normalized spacial score (nSPS) is 13.9. The molecule has 4 rings (SSSR count). The Balaban J connectivity index is 1.41. The smallest absolute Gasteiger partial charge is 0.387 e. The van der Waals surface area contributed by atoms with Gasteiger partial charge in [-0.05, 0) is 23.8 Å². The Labute approximate surface area is 171 Å². The molecule has 1 amide bonds. The first-order chi connectivity index (χ1) is 14.1. The van der Waals surface area contributed by atoms with Crippen molar-refractivity contribution in [3.05, 3.63) is 76.3 Å². The number of nitrogens with zero attached hydrogens (tertiary/aromatic N) is 2. The predicted octanol–water partition coefficient (Wildman–Crippen LogP) is 4.56. The standard InChI is InChI=1S/C21H19F2N3O2S/c22-20(23)28-16-8-4-7-15(11-16)19(27)25-21-24-17-9-10-26(13-18(17)29-21)12-14-5-2-1-3-6-14/h1-8,11,20H,9-10,12-13H2,(H,24,25,27). The third kappa shape index (κ3) is 4.96. The molecule has 0 spiro atoms. The Morgan fingerprint density at radius 3 is 2.83 bits per heavy atom. The van der Waals surface area contributed by atoms with E-state index in [2.05, 4.69) is 32.1 Å². The number of nitrogens with one attached hydrogen (secondary N) is 1. The van der Waals surface area contributed by atoms with E-state index >= 15 is 0 Å². The molecule has 8 heteroatoms. The molecular formula is C21H19F2N3O2S. The molecule has 1 aliphatic heterocycles. The van der Waals surface area contributed by atoms with Gasteiger partial charge in [-0.3, -0.25) is 15.0 Å². The molecule has 150 valence electrons. The van der Waals surface area contributed by atoms with Gasteiger partial charge in [0, 0.05) is 36.5 Å². The Hall–Kier alpha value is -2.84. The summed E-state index contributed by atoms with van der Waals surface area (Å²) in [5.41, 5.74) is 2.51. The Kier molecular flexibility index (Phi) is 5.82. The second-order valence-corrected chi connectivity index (χ2v) is 7.78. The van der Waals surface area contributed by atoms with Crippen molar-refractivity contribution in [2.45, 2.75) is 26.1 Å². The van der Waals surface area contributed by atoms with Crippen LogP contribution in [0.4, 0.5) is 13.9 Å². The van der Waals surface area contributed by atoms with Gasteiger partial charge in [-0.2, -0.15) is 8.78 Å². The fraction of sp³-hybridized carbons (Fsp3) is 0.238. The van der Waals surface area contributed by atoms with Gasteiger partial charge in [-0.15, -0.1) is 11.3 Å². The number of fused-ring (bicyclic) bond motifs is 1. The van der Waals surface area contributed by atoms with Crippen LogP contribution in [0.15, 0.2) is 54.6 Å². The number of hydrogen-bond acceptors (Lipinski definition) is 5. The number of alkyl halides is 2. The molecule has 5 nitrogen and oxygen atoms in total. The first-order valence-corrected chi connectivity index (χ1v) is 9.99. The molecule has 0 saturated heterocycles. The lowest BCUT2D eigenvalue weighted by Crippen LogP contribution is -2.29. The predicted molar refractivity (Wildman–Crippen MR) is 107 cm³/mol. The molecule has 0 saturated carbocycles. The third-order valence-corrected chi connectivity index (χ3v) is 5.60. The molecule has 2 aromatic carbocycles. The maximum atomic E-state index is 12.5. The highest BCUT2D eigenvalue weighted by Gasteiger charge is 2.22. The highest BCUT2D eigenvalue weighted by atomic mass is 32.1. The summed E-state index contributed by atoms with van der Waals surface area (Å²) in [4.78, 5) is 20.5. The summed E-state index contributed by atoms with van der Waals surface area (Å²) < 4.78 is 29.1. The molecule has 1 aliphatic rings. The molecule has 1 N–H and O–H groups in total. The Morgan fingerprint density at radius 2 is 2.03 bits per heavy atom. The van der Waals surface area contributed by atoms with E-state index in [0.717, 1.165) is 36.6 Å². The molecule has 29 heavy (non-hydrogen) atoms. The molecule has 0 bridgehead atoms. The van der Waals surface area contributed by atoms with E-state index in [9.17, 15) is 13.6 Å². The van der Waals surface area contributed by atoms with Gasteiger partial charge in [0.2, 0.25) is 0 Å². The van der Waals surface area contributed by atoms with Crippen LogP contribution in [0.25, 0.3) is 0 Å². The number of aromatic nitrogens is 1. The molecular weight excluding hydrogens is 396 g/mol. The SMILES string of the molecule is O=C(Nc1nc2c(s1)CN(Cc1ccccc1)CC2)c1cccc(OC(F)F)c1. The number of thiazole rings is 1. The summed E-state index contributed by atoms with van der Waals surface area (Å²) >= 11 is 1.45. The zero-order valence-corrected chi connectivity index (χ0v) is 16.3. The Morgan fingerprint density at radius 1 is 1.21 bits per heavy atom. The van der Waals surface area contributed by atoms with Crippen LogP contribution in [0.3, 0.4) is 0 Å². The maximum Gasteiger partial charge on any atom is 0.387 e. The van der Waals surface area contributed by atoms with Crippen LogP contribution >= 0.6 is 11.3 Å². The number of ether oxygens (including phenoxy) is 1. The molecule has 3 aromatic rings. The summed E-state index contributed by atoms with van der Waals surface area (Å²) in [6.07, 6.45) is 0.826. The van der Waals surface area contributed by atoms with E-state index in [4.69, 9.17) is 0 Å². The molecule has 0 fully saturated rings. The van der Waals surface area contributed by atoms with E-state index in [1.54, 1.807) is 6.07 Å². The van der Waals surface area contributed by atoms with Crippen molar-refractivity contribution in [1.82, 2.24) is 9.88 Å². The fourth-order valence-corrected chi connectivity index (χ4v) is 4.31. The summed E-state index contributed by atoms with van der Waals surface area (Å²) in [5, 5.41) is 3.28. The fourth-order valence-electron chi connectivity index (χ4n) is 3.26. The van der Waals surface area contributed by atoms with Gasteiger partial charge in [-0.25, -0.2) is 4.98 Å². The van der Waals surface area contributed by atoms with Crippen LogP contribution < -0.4 is 10.1 Å². The van der Waals surface area contributed by atoms with Gasteiger partial charge >= 0.3 is 6.61 Å². The summed E-state index contributed by atoms with van der Waals surface area (Å²) in [6.45, 7) is -0.365. The van der Waals surface area contributed by atoms with E-state index in [0.29, 0.717) is 5.13 Å².